The molecule has 5 nitrogen and oxygen atoms in total. The Bertz CT molecular complexity index is 1140. The standard InChI is InChI=1S/C27H24N2O3/c1-28-26(30)20-15-13-19(14-16-20)8-6-7-17-29-27(31)32-18-25-23-11-4-2-9-21(23)22-10-3-5-12-24(22)25/h2-5,9-16,25H,7,17-18H2,1H3,(H,28,30)(H,29,31). The van der Waals surface area contributed by atoms with Gasteiger partial charge in [-0.05, 0) is 46.5 Å². The molecular formula is C27H24N2O3. The molecule has 1 aliphatic rings. The van der Waals surface area contributed by atoms with E-state index in [1.807, 2.05) is 24.3 Å². The predicted octanol–water partition coefficient (Wildman–Crippen LogP) is 4.33. The van der Waals surface area contributed by atoms with E-state index in [-0.39, 0.29) is 11.8 Å². The Morgan fingerprint density at radius 3 is 2.16 bits per heavy atom. The van der Waals surface area contributed by atoms with Crippen LogP contribution in [0, 0.1) is 11.8 Å². The average molecular weight is 425 g/mol. The number of carbonyl (C=O) groups is 2. The van der Waals surface area contributed by atoms with Crippen molar-refractivity contribution in [2.24, 2.45) is 0 Å². The molecule has 2 amide bonds. The van der Waals surface area contributed by atoms with E-state index in [9.17, 15) is 9.59 Å². The molecule has 0 aliphatic heterocycles. The summed E-state index contributed by atoms with van der Waals surface area (Å²) >= 11 is 0. The third-order valence-electron chi connectivity index (χ3n) is 5.47. The van der Waals surface area contributed by atoms with E-state index in [0.29, 0.717) is 25.1 Å². The highest BCUT2D eigenvalue weighted by Crippen LogP contribution is 2.44. The lowest BCUT2D eigenvalue weighted by molar-refractivity contribution is 0.0963. The topological polar surface area (TPSA) is 67.4 Å². The Labute approximate surface area is 187 Å². The first-order valence-corrected chi connectivity index (χ1v) is 10.6. The van der Waals surface area contributed by atoms with Gasteiger partial charge >= 0.3 is 6.09 Å². The molecule has 32 heavy (non-hydrogen) atoms. The molecule has 0 atom stereocenters. The van der Waals surface area contributed by atoms with Gasteiger partial charge in [0.15, 0.2) is 0 Å². The summed E-state index contributed by atoms with van der Waals surface area (Å²) in [7, 11) is 1.60. The van der Waals surface area contributed by atoms with Gasteiger partial charge in [-0.2, -0.15) is 0 Å². The lowest BCUT2D eigenvalue weighted by atomic mass is 9.98. The zero-order valence-corrected chi connectivity index (χ0v) is 17.9. The Kier molecular flexibility index (Phi) is 6.52. The SMILES string of the molecule is CNC(=O)c1ccc(C#CCCNC(=O)OCC2c3ccccc3-c3ccccc32)cc1. The summed E-state index contributed by atoms with van der Waals surface area (Å²) in [5, 5.41) is 5.34. The van der Waals surface area contributed by atoms with Crippen molar-refractivity contribution in [3.8, 4) is 23.0 Å². The van der Waals surface area contributed by atoms with E-state index in [1.165, 1.54) is 22.3 Å². The predicted molar refractivity (Wildman–Crippen MR) is 124 cm³/mol. The molecule has 1 aliphatic carbocycles. The van der Waals surface area contributed by atoms with Gasteiger partial charge in [0, 0.05) is 37.1 Å². The molecule has 3 aromatic rings. The van der Waals surface area contributed by atoms with E-state index in [4.69, 9.17) is 4.74 Å². The van der Waals surface area contributed by atoms with Crippen LogP contribution in [0.15, 0.2) is 72.8 Å². The van der Waals surface area contributed by atoms with Crippen molar-refractivity contribution in [3.63, 3.8) is 0 Å². The number of benzene rings is 3. The van der Waals surface area contributed by atoms with Crippen molar-refractivity contribution in [1.82, 2.24) is 10.6 Å². The number of hydrogen-bond donors (Lipinski definition) is 2. The van der Waals surface area contributed by atoms with Gasteiger partial charge in [-0.3, -0.25) is 4.79 Å². The Hall–Kier alpha value is -4.04. The van der Waals surface area contributed by atoms with Crippen LogP contribution < -0.4 is 10.6 Å². The third kappa shape index (κ3) is 4.65. The van der Waals surface area contributed by atoms with E-state index >= 15 is 0 Å². The molecule has 0 fully saturated rings. The van der Waals surface area contributed by atoms with Crippen molar-refractivity contribution >= 4 is 12.0 Å². The molecule has 0 radical (unpaired) electrons. The molecule has 0 saturated carbocycles. The minimum atomic E-state index is -0.441. The maximum atomic E-state index is 12.2. The molecular weight excluding hydrogens is 400 g/mol. The van der Waals surface area contributed by atoms with Gasteiger partial charge in [0.1, 0.15) is 6.61 Å². The van der Waals surface area contributed by atoms with Crippen LogP contribution in [0.5, 0.6) is 0 Å². The molecule has 0 unspecified atom stereocenters. The number of ether oxygens (including phenoxy) is 1. The third-order valence-corrected chi connectivity index (χ3v) is 5.47. The molecule has 5 heteroatoms. The van der Waals surface area contributed by atoms with E-state index in [1.54, 1.807) is 31.3 Å². The summed E-state index contributed by atoms with van der Waals surface area (Å²) in [5.74, 6) is 5.97. The smallest absolute Gasteiger partial charge is 0.407 e. The number of carbonyl (C=O) groups excluding carboxylic acids is 2. The summed E-state index contributed by atoms with van der Waals surface area (Å²) in [4.78, 5) is 23.7. The van der Waals surface area contributed by atoms with Crippen molar-refractivity contribution < 1.29 is 14.3 Å². The fourth-order valence-corrected chi connectivity index (χ4v) is 3.89. The van der Waals surface area contributed by atoms with Crippen molar-refractivity contribution in [1.29, 1.82) is 0 Å². The molecule has 0 aromatic heterocycles. The zero-order valence-electron chi connectivity index (χ0n) is 17.9. The highest BCUT2D eigenvalue weighted by atomic mass is 16.5. The van der Waals surface area contributed by atoms with Crippen LogP contribution in [0.4, 0.5) is 4.79 Å². The normalized spacial score (nSPS) is 11.5. The summed E-state index contributed by atoms with van der Waals surface area (Å²) in [6.07, 6.45) is 0.0603. The van der Waals surface area contributed by atoms with E-state index < -0.39 is 6.09 Å². The first-order chi connectivity index (χ1) is 15.7. The van der Waals surface area contributed by atoms with Gasteiger partial charge in [-0.15, -0.1) is 0 Å². The summed E-state index contributed by atoms with van der Waals surface area (Å²) in [6, 6.07) is 23.6. The minimum absolute atomic E-state index is 0.0469. The summed E-state index contributed by atoms with van der Waals surface area (Å²) < 4.78 is 5.51. The van der Waals surface area contributed by atoms with Crippen molar-refractivity contribution in [2.45, 2.75) is 12.3 Å². The van der Waals surface area contributed by atoms with Crippen LogP contribution in [0.2, 0.25) is 0 Å². The second-order valence-electron chi connectivity index (χ2n) is 7.46. The lowest BCUT2D eigenvalue weighted by Gasteiger charge is -2.14. The number of alkyl carbamates (subject to hydrolysis) is 1. The molecule has 0 bridgehead atoms. The van der Waals surface area contributed by atoms with Crippen LogP contribution in [-0.4, -0.2) is 32.2 Å². The van der Waals surface area contributed by atoms with Crippen molar-refractivity contribution in [2.75, 3.05) is 20.2 Å². The van der Waals surface area contributed by atoms with Crippen LogP contribution in [0.1, 0.15) is 39.4 Å². The van der Waals surface area contributed by atoms with E-state index in [0.717, 1.165) is 5.56 Å². The molecule has 0 spiro atoms. The first kappa shape index (κ1) is 21.2. The second kappa shape index (κ2) is 9.84. The van der Waals surface area contributed by atoms with E-state index in [2.05, 4.69) is 46.7 Å². The molecule has 4 rings (SSSR count). The quantitative estimate of drug-likeness (QED) is 0.473. The van der Waals surface area contributed by atoms with Gasteiger partial charge in [0.2, 0.25) is 0 Å². The van der Waals surface area contributed by atoms with Crippen LogP contribution in [-0.2, 0) is 4.74 Å². The summed E-state index contributed by atoms with van der Waals surface area (Å²) in [6.45, 7) is 0.698. The van der Waals surface area contributed by atoms with Crippen LogP contribution in [0.3, 0.4) is 0 Å². The maximum absolute atomic E-state index is 12.2. The molecule has 3 aromatic carbocycles. The number of rotatable bonds is 5. The Balaban J connectivity index is 1.25. The number of hydrogen-bond acceptors (Lipinski definition) is 3. The van der Waals surface area contributed by atoms with Gasteiger partial charge in [-0.25, -0.2) is 4.79 Å². The maximum Gasteiger partial charge on any atom is 0.407 e. The van der Waals surface area contributed by atoms with Crippen molar-refractivity contribution in [3.05, 3.63) is 95.1 Å². The zero-order chi connectivity index (χ0) is 22.3. The van der Waals surface area contributed by atoms with Gasteiger partial charge in [0.25, 0.3) is 5.91 Å². The fourth-order valence-electron chi connectivity index (χ4n) is 3.89. The Morgan fingerprint density at radius 1 is 0.906 bits per heavy atom. The molecule has 160 valence electrons. The van der Waals surface area contributed by atoms with Gasteiger partial charge in [-0.1, -0.05) is 60.4 Å². The second-order valence-corrected chi connectivity index (χ2v) is 7.46. The largest absolute Gasteiger partial charge is 0.449 e. The van der Waals surface area contributed by atoms with Gasteiger partial charge < -0.3 is 15.4 Å². The highest BCUT2D eigenvalue weighted by Gasteiger charge is 2.28. The lowest BCUT2D eigenvalue weighted by Crippen LogP contribution is -2.26. The number of amides is 2. The number of fused-ring (bicyclic) bond motifs is 3. The molecule has 0 heterocycles. The highest BCUT2D eigenvalue weighted by molar-refractivity contribution is 5.94. The molecule has 2 N–H and O–H groups in total. The van der Waals surface area contributed by atoms with Gasteiger partial charge in [0.05, 0.1) is 0 Å². The minimum Gasteiger partial charge on any atom is -0.449 e. The number of nitrogens with one attached hydrogen (secondary N) is 2. The van der Waals surface area contributed by atoms with Crippen LogP contribution in [0.25, 0.3) is 11.1 Å². The van der Waals surface area contributed by atoms with Crippen LogP contribution >= 0.6 is 0 Å². The fraction of sp³-hybridized carbons (Fsp3) is 0.185. The Morgan fingerprint density at radius 2 is 1.53 bits per heavy atom. The summed E-state index contributed by atoms with van der Waals surface area (Å²) in [5.41, 5.74) is 6.20. The monoisotopic (exact) mass is 424 g/mol. The molecule has 0 saturated heterocycles. The first-order valence-electron chi connectivity index (χ1n) is 10.6. The average Bonchev–Trinajstić information content (AvgIpc) is 3.16.